The Morgan fingerprint density at radius 1 is 1.33 bits per heavy atom. The van der Waals surface area contributed by atoms with E-state index in [4.69, 9.17) is 9.47 Å². The highest BCUT2D eigenvalue weighted by Crippen LogP contribution is 2.30. The van der Waals surface area contributed by atoms with E-state index in [0.29, 0.717) is 25.3 Å². The first-order chi connectivity index (χ1) is 10.2. The zero-order valence-corrected chi connectivity index (χ0v) is 11.8. The number of benzene rings is 1. The number of nitrogens with zero attached hydrogens (tertiary/aromatic N) is 1. The van der Waals surface area contributed by atoms with E-state index in [9.17, 15) is 4.79 Å². The predicted octanol–water partition coefficient (Wildman–Crippen LogP) is 1.46. The van der Waals surface area contributed by atoms with Gasteiger partial charge in [0.05, 0.1) is 11.8 Å². The van der Waals surface area contributed by atoms with Crippen LogP contribution in [-0.2, 0) is 6.42 Å². The van der Waals surface area contributed by atoms with Crippen molar-refractivity contribution in [1.82, 2.24) is 15.5 Å². The highest BCUT2D eigenvalue weighted by molar-refractivity contribution is 5.94. The van der Waals surface area contributed by atoms with Crippen molar-refractivity contribution < 1.29 is 14.3 Å². The molecule has 0 aliphatic carbocycles. The Morgan fingerprint density at radius 2 is 2.14 bits per heavy atom. The number of amides is 1. The molecule has 1 amide bonds. The summed E-state index contributed by atoms with van der Waals surface area (Å²) >= 11 is 0. The molecule has 0 radical (unpaired) electrons. The van der Waals surface area contributed by atoms with E-state index >= 15 is 0 Å². The van der Waals surface area contributed by atoms with Gasteiger partial charge >= 0.3 is 0 Å². The number of hydrogen-bond acceptors (Lipinski definition) is 4. The third-order valence-corrected chi connectivity index (χ3v) is 3.38. The van der Waals surface area contributed by atoms with Gasteiger partial charge in [0.25, 0.3) is 5.91 Å². The second-order valence-electron chi connectivity index (χ2n) is 4.89. The molecule has 0 unspecified atom stereocenters. The summed E-state index contributed by atoms with van der Waals surface area (Å²) in [6.45, 7) is 3.55. The van der Waals surface area contributed by atoms with E-state index in [1.165, 1.54) is 6.20 Å². The molecule has 0 fully saturated rings. The van der Waals surface area contributed by atoms with Crippen molar-refractivity contribution in [1.29, 1.82) is 0 Å². The number of fused-ring (bicyclic) bond motifs is 1. The Bertz CT molecular complexity index is 651. The molecule has 6 nitrogen and oxygen atoms in total. The minimum Gasteiger partial charge on any atom is -0.486 e. The fourth-order valence-corrected chi connectivity index (χ4v) is 2.24. The van der Waals surface area contributed by atoms with Gasteiger partial charge in [-0.15, -0.1) is 0 Å². The molecule has 0 saturated heterocycles. The molecule has 6 heteroatoms. The molecular weight excluding hydrogens is 270 g/mol. The number of aromatic amines is 1. The molecule has 0 saturated carbocycles. The molecule has 1 aliphatic rings. The molecule has 110 valence electrons. The number of nitrogens with one attached hydrogen (secondary N) is 2. The largest absolute Gasteiger partial charge is 0.486 e. The second-order valence-corrected chi connectivity index (χ2v) is 4.89. The van der Waals surface area contributed by atoms with Crippen molar-refractivity contribution in [2.45, 2.75) is 13.3 Å². The summed E-state index contributed by atoms with van der Waals surface area (Å²) in [5.74, 6) is 1.44. The number of H-pyrrole nitrogens is 1. The van der Waals surface area contributed by atoms with Crippen molar-refractivity contribution in [3.8, 4) is 11.5 Å². The van der Waals surface area contributed by atoms with Gasteiger partial charge < -0.3 is 14.8 Å². The van der Waals surface area contributed by atoms with E-state index in [0.717, 1.165) is 29.2 Å². The van der Waals surface area contributed by atoms with Gasteiger partial charge in [0, 0.05) is 12.2 Å². The fraction of sp³-hybridized carbons (Fsp3) is 0.333. The lowest BCUT2D eigenvalue weighted by Crippen LogP contribution is -2.26. The zero-order chi connectivity index (χ0) is 14.7. The SMILES string of the molecule is Cc1[nH]ncc1C(=O)NCCc1ccc2c(c1)OCCO2. The lowest BCUT2D eigenvalue weighted by molar-refractivity contribution is 0.0953. The van der Waals surface area contributed by atoms with Gasteiger partial charge in [0.2, 0.25) is 0 Å². The van der Waals surface area contributed by atoms with Crippen LogP contribution in [0, 0.1) is 6.92 Å². The van der Waals surface area contributed by atoms with Crippen LogP contribution >= 0.6 is 0 Å². The topological polar surface area (TPSA) is 76.2 Å². The van der Waals surface area contributed by atoms with Crippen molar-refractivity contribution in [2.75, 3.05) is 19.8 Å². The second kappa shape index (κ2) is 5.87. The van der Waals surface area contributed by atoms with Gasteiger partial charge in [0.15, 0.2) is 11.5 Å². The van der Waals surface area contributed by atoms with Gasteiger partial charge in [-0.1, -0.05) is 6.07 Å². The van der Waals surface area contributed by atoms with Crippen LogP contribution in [0.1, 0.15) is 21.6 Å². The highest BCUT2D eigenvalue weighted by Gasteiger charge is 2.12. The smallest absolute Gasteiger partial charge is 0.254 e. The quantitative estimate of drug-likeness (QED) is 0.892. The maximum atomic E-state index is 11.9. The molecule has 1 aliphatic heterocycles. The van der Waals surface area contributed by atoms with Gasteiger partial charge in [0.1, 0.15) is 13.2 Å². The Kier molecular flexibility index (Phi) is 3.77. The Labute approximate surface area is 122 Å². The maximum Gasteiger partial charge on any atom is 0.254 e. The zero-order valence-electron chi connectivity index (χ0n) is 11.8. The van der Waals surface area contributed by atoms with E-state index in [1.54, 1.807) is 0 Å². The van der Waals surface area contributed by atoms with Crippen LogP contribution in [0.3, 0.4) is 0 Å². The summed E-state index contributed by atoms with van der Waals surface area (Å²) < 4.78 is 11.0. The predicted molar refractivity (Wildman–Crippen MR) is 76.8 cm³/mol. The average Bonchev–Trinajstić information content (AvgIpc) is 2.93. The number of carbonyl (C=O) groups is 1. The van der Waals surface area contributed by atoms with Crippen LogP contribution < -0.4 is 14.8 Å². The van der Waals surface area contributed by atoms with Crippen molar-refractivity contribution in [3.05, 3.63) is 41.2 Å². The van der Waals surface area contributed by atoms with Gasteiger partial charge in [-0.05, 0) is 31.0 Å². The number of ether oxygens (including phenoxy) is 2. The van der Waals surface area contributed by atoms with E-state index in [2.05, 4.69) is 15.5 Å². The minimum absolute atomic E-state index is 0.112. The molecule has 2 N–H and O–H groups in total. The Hall–Kier alpha value is -2.50. The van der Waals surface area contributed by atoms with Crippen LogP contribution in [0.4, 0.5) is 0 Å². The molecule has 2 aromatic rings. The molecule has 3 rings (SSSR count). The molecule has 1 aromatic carbocycles. The third kappa shape index (κ3) is 2.99. The van der Waals surface area contributed by atoms with Crippen molar-refractivity contribution >= 4 is 5.91 Å². The summed E-state index contributed by atoms with van der Waals surface area (Å²) in [4.78, 5) is 11.9. The van der Waals surface area contributed by atoms with E-state index in [1.807, 2.05) is 25.1 Å². The molecule has 0 atom stereocenters. The lowest BCUT2D eigenvalue weighted by Gasteiger charge is -2.18. The van der Waals surface area contributed by atoms with Crippen LogP contribution in [-0.4, -0.2) is 35.9 Å². The van der Waals surface area contributed by atoms with Crippen LogP contribution in [0.15, 0.2) is 24.4 Å². The first-order valence-electron chi connectivity index (χ1n) is 6.91. The van der Waals surface area contributed by atoms with Crippen LogP contribution in [0.5, 0.6) is 11.5 Å². The van der Waals surface area contributed by atoms with E-state index in [-0.39, 0.29) is 5.91 Å². The van der Waals surface area contributed by atoms with Crippen molar-refractivity contribution in [3.63, 3.8) is 0 Å². The Balaban J connectivity index is 1.56. The first-order valence-corrected chi connectivity index (χ1v) is 6.91. The third-order valence-electron chi connectivity index (χ3n) is 3.38. The first kappa shape index (κ1) is 13.5. The number of aromatic nitrogens is 2. The van der Waals surface area contributed by atoms with Gasteiger partial charge in [-0.2, -0.15) is 5.10 Å². The Morgan fingerprint density at radius 3 is 2.90 bits per heavy atom. The van der Waals surface area contributed by atoms with Gasteiger partial charge in [-0.3, -0.25) is 9.89 Å². The molecule has 0 bridgehead atoms. The highest BCUT2D eigenvalue weighted by atomic mass is 16.6. The molecule has 21 heavy (non-hydrogen) atoms. The minimum atomic E-state index is -0.112. The van der Waals surface area contributed by atoms with Gasteiger partial charge in [-0.25, -0.2) is 0 Å². The number of rotatable bonds is 4. The summed E-state index contributed by atoms with van der Waals surface area (Å²) in [7, 11) is 0. The van der Waals surface area contributed by atoms with Crippen molar-refractivity contribution in [2.24, 2.45) is 0 Å². The number of aryl methyl sites for hydroxylation is 1. The molecule has 2 heterocycles. The normalized spacial score (nSPS) is 13.0. The monoisotopic (exact) mass is 287 g/mol. The summed E-state index contributed by atoms with van der Waals surface area (Å²) in [6, 6.07) is 5.86. The maximum absolute atomic E-state index is 11.9. The molecule has 0 spiro atoms. The average molecular weight is 287 g/mol. The van der Waals surface area contributed by atoms with Crippen LogP contribution in [0.25, 0.3) is 0 Å². The van der Waals surface area contributed by atoms with Crippen LogP contribution in [0.2, 0.25) is 0 Å². The standard InChI is InChI=1S/C15H17N3O3/c1-10-12(9-17-18-10)15(19)16-5-4-11-2-3-13-14(8-11)21-7-6-20-13/h2-3,8-9H,4-7H2,1H3,(H,16,19)(H,17,18). The summed E-state index contributed by atoms with van der Waals surface area (Å²) in [5, 5.41) is 9.47. The molecular formula is C15H17N3O3. The summed E-state index contributed by atoms with van der Waals surface area (Å²) in [6.07, 6.45) is 2.27. The number of carbonyl (C=O) groups excluding carboxylic acids is 1. The lowest BCUT2D eigenvalue weighted by atomic mass is 10.1. The van der Waals surface area contributed by atoms with E-state index < -0.39 is 0 Å². The summed E-state index contributed by atoms with van der Waals surface area (Å²) in [5.41, 5.74) is 2.45. The fourth-order valence-electron chi connectivity index (χ4n) is 2.24. The molecule has 1 aromatic heterocycles. The number of hydrogen-bond donors (Lipinski definition) is 2.